The molecule has 2 fully saturated rings. The molecule has 0 N–H and O–H groups in total. The number of ether oxygens (including phenoxy) is 1. The van der Waals surface area contributed by atoms with E-state index in [0.717, 1.165) is 12.2 Å². The minimum absolute atomic E-state index is 0.0468. The van der Waals surface area contributed by atoms with Gasteiger partial charge in [-0.05, 0) is 6.42 Å². The highest BCUT2D eigenvalue weighted by molar-refractivity contribution is 7.90. The number of alkyl halides is 1. The van der Waals surface area contributed by atoms with Crippen LogP contribution in [0.1, 0.15) is 24.6 Å². The van der Waals surface area contributed by atoms with E-state index in [2.05, 4.69) is 9.36 Å². The zero-order chi connectivity index (χ0) is 15.0. The van der Waals surface area contributed by atoms with E-state index in [1.807, 2.05) is 0 Å². The number of halogens is 1. The molecule has 3 atom stereocenters. The van der Waals surface area contributed by atoms with E-state index in [9.17, 15) is 12.8 Å². The second kappa shape index (κ2) is 5.77. The number of nitrogens with zero attached hydrogens (tertiary/aromatic N) is 3. The van der Waals surface area contributed by atoms with Crippen molar-refractivity contribution in [3.05, 3.63) is 5.82 Å². The first-order valence-corrected chi connectivity index (χ1v) is 9.75. The fraction of sp³-hybridized carbons (Fsp3) is 0.833. The van der Waals surface area contributed by atoms with Gasteiger partial charge in [0, 0.05) is 42.8 Å². The van der Waals surface area contributed by atoms with Crippen LogP contribution >= 0.6 is 11.5 Å². The van der Waals surface area contributed by atoms with Crippen molar-refractivity contribution in [2.45, 2.75) is 31.0 Å². The van der Waals surface area contributed by atoms with E-state index in [-0.39, 0.29) is 30.7 Å². The second-order valence-electron chi connectivity index (χ2n) is 5.73. The zero-order valence-electron chi connectivity index (χ0n) is 11.7. The first-order valence-electron chi connectivity index (χ1n) is 6.92. The van der Waals surface area contributed by atoms with Crippen molar-refractivity contribution in [3.8, 4) is 0 Å². The summed E-state index contributed by atoms with van der Waals surface area (Å²) in [7, 11) is -3.15. The van der Waals surface area contributed by atoms with Gasteiger partial charge in [0.25, 0.3) is 0 Å². The summed E-state index contributed by atoms with van der Waals surface area (Å²) < 4.78 is 46.3. The molecule has 2 aliphatic heterocycles. The first-order chi connectivity index (χ1) is 9.92. The molecule has 1 aromatic rings. The summed E-state index contributed by atoms with van der Waals surface area (Å²) in [6.45, 7) is 1.52. The van der Waals surface area contributed by atoms with Gasteiger partial charge in [0.05, 0.1) is 18.9 Å². The van der Waals surface area contributed by atoms with Crippen LogP contribution in [-0.4, -0.2) is 61.8 Å². The van der Waals surface area contributed by atoms with Gasteiger partial charge in [-0.15, -0.1) is 0 Å². The van der Waals surface area contributed by atoms with E-state index >= 15 is 0 Å². The van der Waals surface area contributed by atoms with Gasteiger partial charge in [0.1, 0.15) is 21.8 Å². The fourth-order valence-electron chi connectivity index (χ4n) is 2.85. The lowest BCUT2D eigenvalue weighted by molar-refractivity contribution is 0.193. The van der Waals surface area contributed by atoms with Crippen molar-refractivity contribution in [1.29, 1.82) is 0 Å². The lowest BCUT2D eigenvalue weighted by atomic mass is 10.1. The lowest BCUT2D eigenvalue weighted by Crippen LogP contribution is -2.35. The van der Waals surface area contributed by atoms with E-state index in [1.165, 1.54) is 17.8 Å². The molecule has 21 heavy (non-hydrogen) atoms. The molecule has 6 nitrogen and oxygen atoms in total. The van der Waals surface area contributed by atoms with Gasteiger partial charge >= 0.3 is 0 Å². The topological polar surface area (TPSA) is 72.4 Å². The molecule has 0 spiro atoms. The minimum atomic E-state index is -3.15. The van der Waals surface area contributed by atoms with Crippen LogP contribution in [0.25, 0.3) is 0 Å². The van der Waals surface area contributed by atoms with Crippen LogP contribution in [-0.2, 0) is 14.6 Å². The summed E-state index contributed by atoms with van der Waals surface area (Å²) in [6.07, 6.45) is 1.29. The maximum Gasteiger partial charge on any atom is 0.205 e. The van der Waals surface area contributed by atoms with Gasteiger partial charge < -0.3 is 9.64 Å². The Hall–Kier alpha value is -0.800. The third-order valence-corrected chi connectivity index (χ3v) is 5.59. The smallest absolute Gasteiger partial charge is 0.205 e. The first kappa shape index (κ1) is 15.1. The van der Waals surface area contributed by atoms with Crippen molar-refractivity contribution in [2.24, 2.45) is 0 Å². The maximum atomic E-state index is 13.7. The van der Waals surface area contributed by atoms with Crippen molar-refractivity contribution in [3.63, 3.8) is 0 Å². The Labute approximate surface area is 127 Å². The number of rotatable bonds is 4. The third kappa shape index (κ3) is 3.51. The van der Waals surface area contributed by atoms with Crippen molar-refractivity contribution < 1.29 is 17.5 Å². The number of hydrogen-bond donors (Lipinski definition) is 0. The Bertz CT molecular complexity index is 601. The van der Waals surface area contributed by atoms with Gasteiger partial charge in [-0.1, -0.05) is 0 Å². The average Bonchev–Trinajstić information content (AvgIpc) is 3.05. The van der Waals surface area contributed by atoms with Gasteiger partial charge in [-0.25, -0.2) is 17.8 Å². The number of anilines is 1. The predicted octanol–water partition coefficient (Wildman–Crippen LogP) is 1.00. The highest BCUT2D eigenvalue weighted by atomic mass is 32.2. The molecule has 0 aliphatic carbocycles. The Morgan fingerprint density at radius 2 is 2.33 bits per heavy atom. The van der Waals surface area contributed by atoms with Crippen molar-refractivity contribution in [2.75, 3.05) is 36.7 Å². The molecule has 0 saturated carbocycles. The molecule has 0 amide bonds. The average molecular weight is 335 g/mol. The Kier molecular flexibility index (Phi) is 4.15. The third-order valence-electron chi connectivity index (χ3n) is 3.83. The van der Waals surface area contributed by atoms with Gasteiger partial charge in [-0.3, -0.25) is 0 Å². The van der Waals surface area contributed by atoms with E-state index < -0.39 is 16.0 Å². The highest BCUT2D eigenvalue weighted by Gasteiger charge is 2.36. The van der Waals surface area contributed by atoms with Crippen LogP contribution in [0.4, 0.5) is 9.52 Å². The van der Waals surface area contributed by atoms with Crippen LogP contribution in [0.2, 0.25) is 0 Å². The fourth-order valence-corrected chi connectivity index (χ4v) is 4.69. The largest absolute Gasteiger partial charge is 0.381 e. The second-order valence-corrected chi connectivity index (χ2v) is 8.64. The highest BCUT2D eigenvalue weighted by Crippen LogP contribution is 2.32. The summed E-state index contributed by atoms with van der Waals surface area (Å²) in [4.78, 5) is 6.23. The van der Waals surface area contributed by atoms with Gasteiger partial charge in [0.15, 0.2) is 0 Å². The molecular weight excluding hydrogens is 317 g/mol. The number of aromatic nitrogens is 2. The summed E-state index contributed by atoms with van der Waals surface area (Å²) in [5.74, 6) is 0.884. The molecule has 0 aromatic carbocycles. The van der Waals surface area contributed by atoms with Crippen LogP contribution in [0.3, 0.4) is 0 Å². The zero-order valence-corrected chi connectivity index (χ0v) is 13.4. The SMILES string of the molecule is CS(=O)(=O)C[C@@H]1C[C@H](F)CN1c1nc(C2CCOC2)ns1. The van der Waals surface area contributed by atoms with Gasteiger partial charge in [-0.2, -0.15) is 4.37 Å². The number of hydrogen-bond acceptors (Lipinski definition) is 7. The summed E-state index contributed by atoms with van der Waals surface area (Å²) in [6, 6.07) is -0.351. The van der Waals surface area contributed by atoms with Gasteiger partial charge in [0.2, 0.25) is 5.13 Å². The standard InChI is InChI=1S/C12H18FN3O3S2/c1-21(17,18)7-10-4-9(13)5-16(10)12-14-11(15-20-12)8-2-3-19-6-8/h8-10H,2-7H2,1H3/t8?,9-,10-/m0/s1. The molecule has 9 heteroatoms. The Morgan fingerprint density at radius 1 is 1.52 bits per heavy atom. The van der Waals surface area contributed by atoms with E-state index in [0.29, 0.717) is 18.3 Å². The molecule has 118 valence electrons. The maximum absolute atomic E-state index is 13.7. The summed E-state index contributed by atoms with van der Waals surface area (Å²) in [5.41, 5.74) is 0. The molecule has 0 radical (unpaired) electrons. The lowest BCUT2D eigenvalue weighted by Gasteiger charge is -2.22. The predicted molar refractivity (Wildman–Crippen MR) is 78.4 cm³/mol. The monoisotopic (exact) mass is 335 g/mol. The van der Waals surface area contributed by atoms with Crippen LogP contribution in [0.15, 0.2) is 0 Å². The van der Waals surface area contributed by atoms with E-state index in [1.54, 1.807) is 4.90 Å². The van der Waals surface area contributed by atoms with Crippen molar-refractivity contribution in [1.82, 2.24) is 9.36 Å². The molecule has 2 saturated heterocycles. The summed E-state index contributed by atoms with van der Waals surface area (Å²) >= 11 is 1.21. The molecular formula is C12H18FN3O3S2. The van der Waals surface area contributed by atoms with E-state index in [4.69, 9.17) is 4.74 Å². The molecule has 3 heterocycles. The molecule has 0 bridgehead atoms. The normalized spacial score (nSPS) is 30.2. The molecule has 1 aromatic heterocycles. The molecule has 3 rings (SSSR count). The molecule has 2 aliphatic rings. The van der Waals surface area contributed by atoms with Crippen LogP contribution < -0.4 is 4.90 Å². The van der Waals surface area contributed by atoms with Crippen LogP contribution in [0.5, 0.6) is 0 Å². The Morgan fingerprint density at radius 3 is 3.00 bits per heavy atom. The van der Waals surface area contributed by atoms with Crippen LogP contribution in [0, 0.1) is 0 Å². The molecule has 1 unspecified atom stereocenters. The quantitative estimate of drug-likeness (QED) is 0.817. The minimum Gasteiger partial charge on any atom is -0.381 e. The number of sulfone groups is 1. The summed E-state index contributed by atoms with van der Waals surface area (Å²) in [5, 5.41) is 0.616. The van der Waals surface area contributed by atoms with Crippen molar-refractivity contribution >= 4 is 26.5 Å². The Balaban J connectivity index is 1.77.